The molecule has 6 nitrogen and oxygen atoms in total. The van der Waals surface area contributed by atoms with Crippen LogP contribution in [-0.2, 0) is 4.79 Å². The predicted octanol–water partition coefficient (Wildman–Crippen LogP) is 1.27. The van der Waals surface area contributed by atoms with Crippen molar-refractivity contribution in [2.24, 2.45) is 11.3 Å². The second-order valence-corrected chi connectivity index (χ2v) is 6.92. The van der Waals surface area contributed by atoms with Crippen molar-refractivity contribution in [2.75, 3.05) is 20.1 Å². The molecule has 1 aliphatic heterocycles. The minimum atomic E-state index is -0.838. The Morgan fingerprint density at radius 1 is 1.29 bits per heavy atom. The van der Waals surface area contributed by atoms with Crippen LogP contribution in [0.15, 0.2) is 0 Å². The first-order valence-corrected chi connectivity index (χ1v) is 7.82. The molecule has 1 aliphatic carbocycles. The van der Waals surface area contributed by atoms with Crippen molar-refractivity contribution in [1.82, 2.24) is 15.5 Å². The SMILES string of the molecule is CC1CN(C)CCC1NC(=O)NC1CCCC1(C)C(=O)O. The fourth-order valence-corrected chi connectivity index (χ4v) is 3.59. The van der Waals surface area contributed by atoms with E-state index < -0.39 is 11.4 Å². The molecule has 6 heteroatoms. The van der Waals surface area contributed by atoms with E-state index >= 15 is 0 Å². The molecule has 1 saturated heterocycles. The van der Waals surface area contributed by atoms with Crippen molar-refractivity contribution < 1.29 is 14.7 Å². The molecular weight excluding hydrogens is 270 g/mol. The van der Waals surface area contributed by atoms with Gasteiger partial charge >= 0.3 is 12.0 Å². The Labute approximate surface area is 126 Å². The fourth-order valence-electron chi connectivity index (χ4n) is 3.59. The van der Waals surface area contributed by atoms with E-state index in [1.807, 2.05) is 0 Å². The molecular formula is C15H27N3O3. The molecule has 2 amide bonds. The van der Waals surface area contributed by atoms with Gasteiger partial charge in [-0.2, -0.15) is 0 Å². The highest BCUT2D eigenvalue weighted by Crippen LogP contribution is 2.38. The van der Waals surface area contributed by atoms with E-state index in [0.717, 1.165) is 32.4 Å². The smallest absolute Gasteiger partial charge is 0.315 e. The summed E-state index contributed by atoms with van der Waals surface area (Å²) in [7, 11) is 2.09. The van der Waals surface area contributed by atoms with E-state index in [-0.39, 0.29) is 18.1 Å². The topological polar surface area (TPSA) is 81.7 Å². The second kappa shape index (κ2) is 6.22. The zero-order valence-corrected chi connectivity index (χ0v) is 13.2. The van der Waals surface area contributed by atoms with Crippen LogP contribution < -0.4 is 10.6 Å². The number of rotatable bonds is 3. The van der Waals surface area contributed by atoms with E-state index in [4.69, 9.17) is 0 Å². The summed E-state index contributed by atoms with van der Waals surface area (Å²) < 4.78 is 0. The van der Waals surface area contributed by atoms with Crippen molar-refractivity contribution in [2.45, 2.75) is 51.6 Å². The Hall–Kier alpha value is -1.30. The number of piperidine rings is 1. The van der Waals surface area contributed by atoms with Crippen LogP contribution >= 0.6 is 0 Å². The first-order valence-electron chi connectivity index (χ1n) is 7.82. The first-order chi connectivity index (χ1) is 9.83. The molecule has 2 rings (SSSR count). The van der Waals surface area contributed by atoms with Gasteiger partial charge in [0.05, 0.1) is 5.41 Å². The number of hydrogen-bond acceptors (Lipinski definition) is 3. The van der Waals surface area contributed by atoms with Crippen molar-refractivity contribution in [3.8, 4) is 0 Å². The maximum atomic E-state index is 12.2. The molecule has 0 spiro atoms. The Morgan fingerprint density at radius 2 is 2.00 bits per heavy atom. The number of amides is 2. The number of nitrogens with one attached hydrogen (secondary N) is 2. The van der Waals surface area contributed by atoms with Gasteiger partial charge in [-0.25, -0.2) is 4.79 Å². The Kier molecular flexibility index (Phi) is 4.76. The minimum Gasteiger partial charge on any atom is -0.481 e. The minimum absolute atomic E-state index is 0.165. The van der Waals surface area contributed by atoms with E-state index in [2.05, 4.69) is 29.5 Å². The maximum absolute atomic E-state index is 12.2. The Bertz CT molecular complexity index is 415. The second-order valence-electron chi connectivity index (χ2n) is 6.92. The lowest BCUT2D eigenvalue weighted by Crippen LogP contribution is -2.55. The van der Waals surface area contributed by atoms with Crippen molar-refractivity contribution >= 4 is 12.0 Å². The standard InChI is InChI=1S/C15H27N3O3/c1-10-9-18(3)8-6-11(10)16-14(21)17-12-5-4-7-15(12,2)13(19)20/h10-12H,4-9H2,1-3H3,(H,19,20)(H2,16,17,21). The quantitative estimate of drug-likeness (QED) is 0.733. The summed E-state index contributed by atoms with van der Waals surface area (Å²) in [6.07, 6.45) is 3.14. The molecule has 0 aromatic rings. The van der Waals surface area contributed by atoms with Crippen LogP contribution in [0.5, 0.6) is 0 Å². The molecule has 0 aromatic carbocycles. The van der Waals surface area contributed by atoms with Gasteiger partial charge in [0, 0.05) is 18.6 Å². The summed E-state index contributed by atoms with van der Waals surface area (Å²) >= 11 is 0. The summed E-state index contributed by atoms with van der Waals surface area (Å²) in [5.74, 6) is -0.415. The van der Waals surface area contributed by atoms with Crippen LogP contribution in [0, 0.1) is 11.3 Å². The molecule has 0 bridgehead atoms. The summed E-state index contributed by atoms with van der Waals surface area (Å²) in [5, 5.41) is 15.3. The van der Waals surface area contributed by atoms with Crippen LogP contribution in [0.4, 0.5) is 4.79 Å². The number of likely N-dealkylation sites (tertiary alicyclic amines) is 1. The lowest BCUT2D eigenvalue weighted by atomic mass is 9.85. The lowest BCUT2D eigenvalue weighted by Gasteiger charge is -2.36. The molecule has 4 unspecified atom stereocenters. The van der Waals surface area contributed by atoms with Crippen LogP contribution in [0.1, 0.15) is 39.5 Å². The maximum Gasteiger partial charge on any atom is 0.315 e. The molecule has 4 atom stereocenters. The zero-order valence-electron chi connectivity index (χ0n) is 13.2. The number of carboxylic acid groups (broad SMARTS) is 1. The number of aliphatic carboxylic acids is 1. The predicted molar refractivity (Wildman–Crippen MR) is 80.1 cm³/mol. The third-order valence-corrected chi connectivity index (χ3v) is 5.18. The zero-order chi connectivity index (χ0) is 15.6. The van der Waals surface area contributed by atoms with Crippen molar-refractivity contribution in [1.29, 1.82) is 0 Å². The number of hydrogen-bond donors (Lipinski definition) is 3. The molecule has 21 heavy (non-hydrogen) atoms. The average molecular weight is 297 g/mol. The average Bonchev–Trinajstić information content (AvgIpc) is 2.76. The molecule has 0 radical (unpaired) electrons. The number of urea groups is 1. The largest absolute Gasteiger partial charge is 0.481 e. The third-order valence-electron chi connectivity index (χ3n) is 5.18. The van der Waals surface area contributed by atoms with E-state index in [1.165, 1.54) is 0 Å². The van der Waals surface area contributed by atoms with E-state index in [1.54, 1.807) is 6.92 Å². The van der Waals surface area contributed by atoms with E-state index in [9.17, 15) is 14.7 Å². The third kappa shape index (κ3) is 3.48. The molecule has 2 aliphatic rings. The van der Waals surface area contributed by atoms with Crippen LogP contribution in [0.25, 0.3) is 0 Å². The molecule has 120 valence electrons. The van der Waals surface area contributed by atoms with Gasteiger partial charge in [-0.3, -0.25) is 4.79 Å². The monoisotopic (exact) mass is 297 g/mol. The van der Waals surface area contributed by atoms with Crippen molar-refractivity contribution in [3.05, 3.63) is 0 Å². The number of carbonyl (C=O) groups excluding carboxylic acids is 1. The van der Waals surface area contributed by atoms with Gasteiger partial charge in [0.1, 0.15) is 0 Å². The molecule has 1 saturated carbocycles. The molecule has 1 heterocycles. The van der Waals surface area contributed by atoms with Gasteiger partial charge in [-0.15, -0.1) is 0 Å². The lowest BCUT2D eigenvalue weighted by molar-refractivity contribution is -0.148. The molecule has 2 fully saturated rings. The van der Waals surface area contributed by atoms with Gasteiger partial charge in [0.15, 0.2) is 0 Å². The normalized spacial score (nSPS) is 37.2. The van der Waals surface area contributed by atoms with E-state index in [0.29, 0.717) is 12.3 Å². The van der Waals surface area contributed by atoms with Gasteiger partial charge in [0.25, 0.3) is 0 Å². The molecule has 3 N–H and O–H groups in total. The molecule has 0 aromatic heterocycles. The highest BCUT2D eigenvalue weighted by Gasteiger charge is 2.46. The number of carboxylic acids is 1. The Morgan fingerprint density at radius 3 is 2.62 bits per heavy atom. The summed E-state index contributed by atoms with van der Waals surface area (Å²) in [6.45, 7) is 5.82. The first kappa shape index (κ1) is 16.1. The summed E-state index contributed by atoms with van der Waals surface area (Å²) in [6, 6.07) is -0.342. The van der Waals surface area contributed by atoms with Crippen LogP contribution in [-0.4, -0.2) is 54.2 Å². The number of carbonyl (C=O) groups is 2. The summed E-state index contributed by atoms with van der Waals surface area (Å²) in [5.41, 5.74) is -0.838. The van der Waals surface area contributed by atoms with Gasteiger partial charge < -0.3 is 20.6 Å². The van der Waals surface area contributed by atoms with Gasteiger partial charge in [0.2, 0.25) is 0 Å². The highest BCUT2D eigenvalue weighted by molar-refractivity contribution is 5.79. The van der Waals surface area contributed by atoms with Gasteiger partial charge in [-0.1, -0.05) is 13.3 Å². The van der Waals surface area contributed by atoms with Gasteiger partial charge in [-0.05, 0) is 45.7 Å². The fraction of sp³-hybridized carbons (Fsp3) is 0.867. The summed E-state index contributed by atoms with van der Waals surface area (Å²) in [4.78, 5) is 25.9. The number of nitrogens with zero attached hydrogens (tertiary/aromatic N) is 1. The highest BCUT2D eigenvalue weighted by atomic mass is 16.4. The van der Waals surface area contributed by atoms with Crippen molar-refractivity contribution in [3.63, 3.8) is 0 Å². The van der Waals surface area contributed by atoms with Crippen LogP contribution in [0.2, 0.25) is 0 Å². The van der Waals surface area contributed by atoms with Crippen LogP contribution in [0.3, 0.4) is 0 Å². The Balaban J connectivity index is 1.88.